The Balaban J connectivity index is 1.74. The molecule has 1 aliphatic rings. The molecule has 3 rings (SSSR count). The van der Waals surface area contributed by atoms with Gasteiger partial charge < -0.3 is 10.0 Å². The van der Waals surface area contributed by atoms with Crippen LogP contribution >= 0.6 is 27.5 Å². The van der Waals surface area contributed by atoms with Crippen LogP contribution in [0, 0.1) is 0 Å². The van der Waals surface area contributed by atoms with E-state index in [0.29, 0.717) is 41.1 Å². The number of nitrogens with zero attached hydrogens (tertiary/aromatic N) is 2. The van der Waals surface area contributed by atoms with Gasteiger partial charge in [0.15, 0.2) is 0 Å². The Morgan fingerprint density at radius 3 is 2.57 bits per heavy atom. The van der Waals surface area contributed by atoms with E-state index in [1.165, 1.54) is 6.20 Å². The number of likely N-dealkylation sites (tertiary alicyclic amines) is 1. The molecule has 0 bridgehead atoms. The van der Waals surface area contributed by atoms with E-state index in [9.17, 15) is 9.90 Å². The van der Waals surface area contributed by atoms with Gasteiger partial charge in [0, 0.05) is 19.3 Å². The fraction of sp³-hybridized carbons (Fsp3) is 0.294. The normalized spacial score (nSPS) is 17.1. The molecule has 1 N–H and O–H groups in total. The van der Waals surface area contributed by atoms with Crippen molar-refractivity contribution >= 4 is 33.4 Å². The van der Waals surface area contributed by atoms with Gasteiger partial charge in [-0.3, -0.25) is 4.79 Å². The van der Waals surface area contributed by atoms with Gasteiger partial charge >= 0.3 is 0 Å². The highest BCUT2D eigenvalue weighted by Crippen LogP contribution is 2.33. The number of rotatable bonds is 2. The van der Waals surface area contributed by atoms with Crippen molar-refractivity contribution in [2.75, 3.05) is 13.1 Å². The Hall–Kier alpha value is -1.43. The van der Waals surface area contributed by atoms with Crippen molar-refractivity contribution in [1.82, 2.24) is 9.88 Å². The summed E-state index contributed by atoms with van der Waals surface area (Å²) in [6, 6.07) is 11.2. The quantitative estimate of drug-likeness (QED) is 0.790. The number of aromatic nitrogens is 1. The topological polar surface area (TPSA) is 53.4 Å². The maximum Gasteiger partial charge on any atom is 0.255 e. The summed E-state index contributed by atoms with van der Waals surface area (Å²) < 4.78 is 0.572. The third-order valence-corrected chi connectivity index (χ3v) is 4.98. The van der Waals surface area contributed by atoms with Crippen LogP contribution in [0.3, 0.4) is 0 Å². The van der Waals surface area contributed by atoms with Gasteiger partial charge in [-0.2, -0.15) is 0 Å². The first-order valence-corrected chi connectivity index (χ1v) is 8.55. The molecule has 6 heteroatoms. The molecule has 23 heavy (non-hydrogen) atoms. The lowest BCUT2D eigenvalue weighted by molar-refractivity contribution is -0.0211. The molecule has 120 valence electrons. The highest BCUT2D eigenvalue weighted by molar-refractivity contribution is 9.10. The van der Waals surface area contributed by atoms with Gasteiger partial charge in [0.1, 0.15) is 4.60 Å². The second-order valence-corrected chi connectivity index (χ2v) is 6.90. The zero-order valence-electron chi connectivity index (χ0n) is 12.4. The van der Waals surface area contributed by atoms with E-state index in [1.807, 2.05) is 30.3 Å². The van der Waals surface area contributed by atoms with Crippen LogP contribution in [0.2, 0.25) is 5.02 Å². The van der Waals surface area contributed by atoms with Crippen molar-refractivity contribution in [3.05, 3.63) is 63.3 Å². The van der Waals surface area contributed by atoms with Crippen LogP contribution in [0.4, 0.5) is 0 Å². The van der Waals surface area contributed by atoms with Crippen LogP contribution in [-0.2, 0) is 5.60 Å². The summed E-state index contributed by atoms with van der Waals surface area (Å²) >= 11 is 9.34. The van der Waals surface area contributed by atoms with Gasteiger partial charge in [0.05, 0.1) is 16.2 Å². The van der Waals surface area contributed by atoms with Gasteiger partial charge in [-0.1, -0.05) is 41.9 Å². The molecule has 4 nitrogen and oxygen atoms in total. The molecule has 1 amide bonds. The Kier molecular flexibility index (Phi) is 4.71. The maximum absolute atomic E-state index is 12.6. The summed E-state index contributed by atoms with van der Waals surface area (Å²) in [5.41, 5.74) is 0.455. The number of pyridine rings is 1. The Morgan fingerprint density at radius 1 is 1.26 bits per heavy atom. The van der Waals surface area contributed by atoms with E-state index < -0.39 is 5.60 Å². The minimum absolute atomic E-state index is 0.131. The van der Waals surface area contributed by atoms with Crippen molar-refractivity contribution in [1.29, 1.82) is 0 Å². The first-order chi connectivity index (χ1) is 11.0. The SMILES string of the molecule is O=C(c1cc(Br)ncc1Cl)N1CCC(O)(c2ccccc2)CC1. The number of halogens is 2. The van der Waals surface area contributed by atoms with E-state index in [1.54, 1.807) is 11.0 Å². The predicted molar refractivity (Wildman–Crippen MR) is 92.4 cm³/mol. The molecule has 0 aliphatic carbocycles. The average Bonchev–Trinajstić information content (AvgIpc) is 2.58. The third-order valence-electron chi connectivity index (χ3n) is 4.24. The highest BCUT2D eigenvalue weighted by Gasteiger charge is 2.35. The Bertz CT molecular complexity index is 716. The summed E-state index contributed by atoms with van der Waals surface area (Å²) in [5, 5.41) is 11.2. The number of benzene rings is 1. The number of piperidine rings is 1. The number of aliphatic hydroxyl groups is 1. The lowest BCUT2D eigenvalue weighted by Crippen LogP contribution is -2.45. The molecule has 2 heterocycles. The maximum atomic E-state index is 12.6. The van der Waals surface area contributed by atoms with Gasteiger partial charge in [-0.05, 0) is 40.4 Å². The lowest BCUT2D eigenvalue weighted by atomic mass is 9.84. The first-order valence-electron chi connectivity index (χ1n) is 7.38. The summed E-state index contributed by atoms with van der Waals surface area (Å²) in [7, 11) is 0. The molecule has 2 aromatic rings. The molecule has 1 fully saturated rings. The standard InChI is InChI=1S/C17H16BrClN2O2/c18-15-10-13(14(19)11-20-15)16(22)21-8-6-17(23,7-9-21)12-4-2-1-3-5-12/h1-5,10-11,23H,6-9H2. The van der Waals surface area contributed by atoms with Gasteiger partial charge in [0.25, 0.3) is 5.91 Å². The first kappa shape index (κ1) is 16.4. The van der Waals surface area contributed by atoms with Crippen LogP contribution in [0.25, 0.3) is 0 Å². The minimum Gasteiger partial charge on any atom is -0.385 e. The van der Waals surface area contributed by atoms with Crippen molar-refractivity contribution in [2.24, 2.45) is 0 Å². The van der Waals surface area contributed by atoms with Crippen molar-refractivity contribution in [3.8, 4) is 0 Å². The summed E-state index contributed by atoms with van der Waals surface area (Å²) in [6.45, 7) is 0.973. The molecular formula is C17H16BrClN2O2. The summed E-state index contributed by atoms with van der Waals surface area (Å²) in [5.74, 6) is -0.131. The Morgan fingerprint density at radius 2 is 1.91 bits per heavy atom. The molecule has 0 spiro atoms. The molecular weight excluding hydrogens is 380 g/mol. The molecule has 0 radical (unpaired) electrons. The van der Waals surface area contributed by atoms with Gasteiger partial charge in [-0.15, -0.1) is 0 Å². The third kappa shape index (κ3) is 3.42. The van der Waals surface area contributed by atoms with Crippen LogP contribution in [0.5, 0.6) is 0 Å². The van der Waals surface area contributed by atoms with Crippen LogP contribution < -0.4 is 0 Å². The Labute approximate surface area is 148 Å². The van der Waals surface area contributed by atoms with Gasteiger partial charge in [0.2, 0.25) is 0 Å². The summed E-state index contributed by atoms with van der Waals surface area (Å²) in [4.78, 5) is 18.4. The van der Waals surface area contributed by atoms with Crippen molar-refractivity contribution < 1.29 is 9.90 Å². The van der Waals surface area contributed by atoms with E-state index in [-0.39, 0.29) is 5.91 Å². The lowest BCUT2D eigenvalue weighted by Gasteiger charge is -2.38. The predicted octanol–water partition coefficient (Wildman–Crippen LogP) is 3.62. The fourth-order valence-electron chi connectivity index (χ4n) is 2.86. The van der Waals surface area contributed by atoms with E-state index in [0.717, 1.165) is 5.56 Å². The molecule has 1 aliphatic heterocycles. The smallest absolute Gasteiger partial charge is 0.255 e. The van der Waals surface area contributed by atoms with Crippen molar-refractivity contribution in [2.45, 2.75) is 18.4 Å². The number of hydrogen-bond donors (Lipinski definition) is 1. The molecule has 1 saturated heterocycles. The van der Waals surface area contributed by atoms with E-state index in [4.69, 9.17) is 11.6 Å². The second-order valence-electron chi connectivity index (χ2n) is 5.68. The molecule has 1 aromatic heterocycles. The largest absolute Gasteiger partial charge is 0.385 e. The zero-order chi connectivity index (χ0) is 16.4. The van der Waals surface area contributed by atoms with Crippen molar-refractivity contribution in [3.63, 3.8) is 0 Å². The number of carbonyl (C=O) groups excluding carboxylic acids is 1. The average molecular weight is 396 g/mol. The van der Waals surface area contributed by atoms with E-state index in [2.05, 4.69) is 20.9 Å². The van der Waals surface area contributed by atoms with E-state index >= 15 is 0 Å². The monoisotopic (exact) mass is 394 g/mol. The van der Waals surface area contributed by atoms with Gasteiger partial charge in [-0.25, -0.2) is 4.98 Å². The van der Waals surface area contributed by atoms with Crippen LogP contribution in [-0.4, -0.2) is 34.0 Å². The zero-order valence-corrected chi connectivity index (χ0v) is 14.7. The number of hydrogen-bond acceptors (Lipinski definition) is 3. The number of carbonyl (C=O) groups is 1. The minimum atomic E-state index is -0.874. The summed E-state index contributed by atoms with van der Waals surface area (Å²) in [6.07, 6.45) is 2.47. The molecule has 0 saturated carbocycles. The number of amides is 1. The fourth-order valence-corrected chi connectivity index (χ4v) is 3.38. The van der Waals surface area contributed by atoms with Crippen LogP contribution in [0.1, 0.15) is 28.8 Å². The van der Waals surface area contributed by atoms with Crippen LogP contribution in [0.15, 0.2) is 47.2 Å². The molecule has 0 unspecified atom stereocenters. The highest BCUT2D eigenvalue weighted by atomic mass is 79.9. The second kappa shape index (κ2) is 6.59. The molecule has 1 aromatic carbocycles. The molecule has 0 atom stereocenters.